The molecule has 1 aromatic rings. The molecule has 1 N–H and O–H groups in total. The molecule has 1 aliphatic carbocycles. The normalized spacial score (nSPS) is 16.3. The van der Waals surface area contributed by atoms with Gasteiger partial charge in [-0.1, -0.05) is 24.5 Å². The van der Waals surface area contributed by atoms with E-state index in [2.05, 4.69) is 17.6 Å². The molecule has 1 aliphatic rings. The summed E-state index contributed by atoms with van der Waals surface area (Å²) in [6.07, 6.45) is 3.97. The van der Waals surface area contributed by atoms with E-state index in [9.17, 15) is 4.21 Å². The Kier molecular flexibility index (Phi) is 3.22. The second-order valence-electron chi connectivity index (χ2n) is 4.49. The van der Waals surface area contributed by atoms with E-state index in [4.69, 9.17) is 10.0 Å². The van der Waals surface area contributed by atoms with Crippen LogP contribution in [-0.4, -0.2) is 4.98 Å². The van der Waals surface area contributed by atoms with Crippen LogP contribution in [0.1, 0.15) is 37.4 Å². The molecule has 0 unspecified atom stereocenters. The Balaban J connectivity index is 2.55. The molecule has 0 radical (unpaired) electrons. The standard InChI is InChI=1S/C13H14N3OS/c1-3-9(2)12-11(18(15)17)6-10(7-16-12)13(8-14)4-5-13/h6-7,15H,2-5H2,1H3/q-1. The van der Waals surface area contributed by atoms with Crippen molar-refractivity contribution in [3.63, 3.8) is 0 Å². The minimum absolute atomic E-state index is 0.362. The van der Waals surface area contributed by atoms with Gasteiger partial charge in [0, 0.05) is 6.20 Å². The Morgan fingerprint density at radius 3 is 2.83 bits per heavy atom. The maximum atomic E-state index is 11.5. The molecule has 1 saturated carbocycles. The molecule has 0 aromatic carbocycles. The zero-order chi connectivity index (χ0) is 13.3. The molecule has 18 heavy (non-hydrogen) atoms. The zero-order valence-corrected chi connectivity index (χ0v) is 11.0. The molecular weight excluding hydrogens is 246 g/mol. The molecule has 0 spiro atoms. The lowest BCUT2D eigenvalue weighted by atomic mass is 9.99. The third-order valence-electron chi connectivity index (χ3n) is 3.33. The smallest absolute Gasteiger partial charge is 0.0838 e. The van der Waals surface area contributed by atoms with Gasteiger partial charge >= 0.3 is 0 Å². The topological polar surface area (TPSA) is 77.6 Å². The summed E-state index contributed by atoms with van der Waals surface area (Å²) < 4.78 is 18.9. The van der Waals surface area contributed by atoms with Gasteiger partial charge in [-0.25, -0.2) is 0 Å². The van der Waals surface area contributed by atoms with Gasteiger partial charge in [-0.2, -0.15) is 15.9 Å². The summed E-state index contributed by atoms with van der Waals surface area (Å²) >= 11 is 0. The molecule has 4 nitrogen and oxygen atoms in total. The first-order chi connectivity index (χ1) is 8.54. The van der Waals surface area contributed by atoms with Crippen LogP contribution in [0.25, 0.3) is 5.57 Å². The van der Waals surface area contributed by atoms with Crippen molar-refractivity contribution in [1.29, 1.82) is 10.0 Å². The van der Waals surface area contributed by atoms with Crippen LogP contribution in [0, 0.1) is 16.1 Å². The number of nitrogens with zero attached hydrogens (tertiary/aromatic N) is 2. The van der Waals surface area contributed by atoms with Crippen molar-refractivity contribution >= 4 is 16.2 Å². The van der Waals surface area contributed by atoms with Gasteiger partial charge in [0.2, 0.25) is 0 Å². The van der Waals surface area contributed by atoms with E-state index < -0.39 is 16.0 Å². The van der Waals surface area contributed by atoms with Crippen molar-refractivity contribution in [3.05, 3.63) is 30.1 Å². The predicted octanol–water partition coefficient (Wildman–Crippen LogP) is 3.15. The highest BCUT2D eigenvalue weighted by Gasteiger charge is 2.45. The molecule has 5 heteroatoms. The van der Waals surface area contributed by atoms with Gasteiger partial charge < -0.3 is 8.99 Å². The Morgan fingerprint density at radius 1 is 1.72 bits per heavy atom. The average molecular weight is 260 g/mol. The van der Waals surface area contributed by atoms with Crippen molar-refractivity contribution in [2.45, 2.75) is 36.5 Å². The maximum Gasteiger partial charge on any atom is 0.0838 e. The monoisotopic (exact) mass is 260 g/mol. The van der Waals surface area contributed by atoms with Crippen LogP contribution in [0.4, 0.5) is 0 Å². The third-order valence-corrected chi connectivity index (χ3v) is 4.04. The Labute approximate surface area is 108 Å². The van der Waals surface area contributed by atoms with Crippen LogP contribution in [0.2, 0.25) is 0 Å². The van der Waals surface area contributed by atoms with Gasteiger partial charge in [0.1, 0.15) is 0 Å². The first kappa shape index (κ1) is 12.8. The number of hydrogen-bond donors (Lipinski definition) is 1. The van der Waals surface area contributed by atoms with Crippen LogP contribution in [0.5, 0.6) is 0 Å². The minimum atomic E-state index is -1.86. The summed E-state index contributed by atoms with van der Waals surface area (Å²) in [5.74, 6) is 0. The molecule has 1 fully saturated rings. The lowest BCUT2D eigenvalue weighted by molar-refractivity contribution is 0.598. The van der Waals surface area contributed by atoms with E-state index in [0.717, 1.165) is 24.0 Å². The zero-order valence-electron chi connectivity index (χ0n) is 10.2. The molecular formula is C13H14N3OS-. The maximum absolute atomic E-state index is 11.5. The largest absolute Gasteiger partial charge is 0.440 e. The fourth-order valence-electron chi connectivity index (χ4n) is 1.87. The number of nitrogens with one attached hydrogen (secondary N) is 1. The van der Waals surface area contributed by atoms with E-state index in [1.807, 2.05) is 6.92 Å². The summed E-state index contributed by atoms with van der Waals surface area (Å²) in [7, 11) is -1.86. The Morgan fingerprint density at radius 2 is 2.39 bits per heavy atom. The minimum Gasteiger partial charge on any atom is -0.440 e. The number of hydrogen-bond acceptors (Lipinski definition) is 5. The van der Waals surface area contributed by atoms with Gasteiger partial charge in [-0.3, -0.25) is 4.98 Å². The quantitative estimate of drug-likeness (QED) is 0.845. The summed E-state index contributed by atoms with van der Waals surface area (Å²) in [5, 5.41) is 9.15. The molecule has 94 valence electrons. The van der Waals surface area contributed by atoms with E-state index in [0.29, 0.717) is 17.0 Å². The highest BCUT2D eigenvalue weighted by molar-refractivity contribution is 7.73. The SMILES string of the molecule is C=C(CC)c1ncc(C2(C#N)CC2)cc1[S-](=N)=O. The van der Waals surface area contributed by atoms with Crippen molar-refractivity contribution in [3.8, 4) is 6.07 Å². The number of pyridine rings is 1. The van der Waals surface area contributed by atoms with Gasteiger partial charge in [0.05, 0.1) is 17.2 Å². The fraction of sp³-hybridized carbons (Fsp3) is 0.385. The molecule has 0 saturated heterocycles. The molecule has 0 bridgehead atoms. The first-order valence-electron chi connectivity index (χ1n) is 5.77. The summed E-state index contributed by atoms with van der Waals surface area (Å²) in [6.45, 7) is 5.81. The van der Waals surface area contributed by atoms with Crippen LogP contribution in [-0.2, 0) is 20.2 Å². The van der Waals surface area contributed by atoms with Crippen LogP contribution in [0.15, 0.2) is 23.7 Å². The highest BCUT2D eigenvalue weighted by atomic mass is 32.2. The molecule has 0 amide bonds. The number of nitriles is 1. The lowest BCUT2D eigenvalue weighted by Gasteiger charge is -2.15. The van der Waals surface area contributed by atoms with Gasteiger partial charge in [-0.15, -0.1) is 0 Å². The molecule has 2 rings (SSSR count). The van der Waals surface area contributed by atoms with E-state index in [-0.39, 0.29) is 0 Å². The number of allylic oxidation sites excluding steroid dienone is 1. The predicted molar refractivity (Wildman–Crippen MR) is 69.1 cm³/mol. The highest BCUT2D eigenvalue weighted by Crippen LogP contribution is 2.47. The van der Waals surface area contributed by atoms with E-state index >= 15 is 0 Å². The van der Waals surface area contributed by atoms with Crippen LogP contribution in [0.3, 0.4) is 0 Å². The lowest BCUT2D eigenvalue weighted by Crippen LogP contribution is -2.06. The van der Waals surface area contributed by atoms with E-state index in [1.165, 1.54) is 0 Å². The number of rotatable bonds is 4. The van der Waals surface area contributed by atoms with Crippen molar-refractivity contribution < 1.29 is 4.21 Å². The van der Waals surface area contributed by atoms with Crippen molar-refractivity contribution in [1.82, 2.24) is 4.98 Å². The van der Waals surface area contributed by atoms with E-state index in [1.54, 1.807) is 12.3 Å². The molecule has 1 aromatic heterocycles. The molecule has 0 aliphatic heterocycles. The van der Waals surface area contributed by atoms with Crippen LogP contribution >= 0.6 is 0 Å². The molecule has 0 atom stereocenters. The average Bonchev–Trinajstić information content (AvgIpc) is 3.18. The summed E-state index contributed by atoms with van der Waals surface area (Å²) in [6, 6.07) is 3.96. The first-order valence-corrected chi connectivity index (χ1v) is 6.92. The van der Waals surface area contributed by atoms with Gasteiger partial charge in [0.25, 0.3) is 0 Å². The fourth-order valence-corrected chi connectivity index (χ4v) is 2.48. The second-order valence-corrected chi connectivity index (χ2v) is 5.47. The Hall–Kier alpha value is -1.67. The van der Waals surface area contributed by atoms with Gasteiger partial charge in [0.15, 0.2) is 0 Å². The number of aromatic nitrogens is 1. The molecule has 1 heterocycles. The third kappa shape index (κ3) is 2.04. The Bertz CT molecular complexity index is 614. The van der Waals surface area contributed by atoms with Gasteiger partial charge in [-0.05, 0) is 30.4 Å². The second kappa shape index (κ2) is 4.54. The van der Waals surface area contributed by atoms with Crippen molar-refractivity contribution in [2.24, 2.45) is 0 Å². The van der Waals surface area contributed by atoms with Crippen LogP contribution < -0.4 is 0 Å². The van der Waals surface area contributed by atoms with Crippen molar-refractivity contribution in [2.75, 3.05) is 0 Å². The summed E-state index contributed by atoms with van der Waals surface area (Å²) in [5.41, 5.74) is 1.60. The summed E-state index contributed by atoms with van der Waals surface area (Å²) in [4.78, 5) is 4.62.